The van der Waals surface area contributed by atoms with Crippen molar-refractivity contribution in [1.29, 1.82) is 0 Å². The van der Waals surface area contributed by atoms with Crippen molar-refractivity contribution in [2.75, 3.05) is 13.6 Å². The summed E-state index contributed by atoms with van der Waals surface area (Å²) in [5.41, 5.74) is 4.99. The molecule has 2 atom stereocenters. The summed E-state index contributed by atoms with van der Waals surface area (Å²) in [5, 5.41) is 9.02. The lowest BCUT2D eigenvalue weighted by Crippen LogP contribution is -2.43. The maximum Gasteiger partial charge on any atom is 0.307 e. The van der Waals surface area contributed by atoms with Crippen LogP contribution in [0.25, 0.3) is 0 Å². The largest absolute Gasteiger partial charge is 0.481 e. The number of rotatable bonds is 4. The Labute approximate surface area is 99.1 Å². The number of allylic oxidation sites excluding steroid dienone is 2. The number of primary amides is 1. The van der Waals surface area contributed by atoms with Gasteiger partial charge in [-0.3, -0.25) is 14.4 Å². The van der Waals surface area contributed by atoms with Crippen LogP contribution in [0.1, 0.15) is 12.8 Å². The molecule has 0 bridgehead atoms. The molecule has 0 spiro atoms. The average Bonchev–Trinajstić information content (AvgIpc) is 2.27. The number of nitrogens with two attached hydrogens (primary N) is 1. The van der Waals surface area contributed by atoms with E-state index in [2.05, 4.69) is 0 Å². The molecule has 0 saturated heterocycles. The van der Waals surface area contributed by atoms with Crippen molar-refractivity contribution in [1.82, 2.24) is 4.90 Å². The summed E-state index contributed by atoms with van der Waals surface area (Å²) in [6.07, 6.45) is 4.28. The van der Waals surface area contributed by atoms with Gasteiger partial charge in [-0.1, -0.05) is 12.2 Å². The molecule has 94 valence electrons. The number of carbonyl (C=O) groups is 3. The summed E-state index contributed by atoms with van der Waals surface area (Å²) >= 11 is 0. The highest BCUT2D eigenvalue weighted by Gasteiger charge is 2.35. The second-order valence-electron chi connectivity index (χ2n) is 4.15. The Hall–Kier alpha value is -1.85. The van der Waals surface area contributed by atoms with E-state index in [9.17, 15) is 14.4 Å². The first-order chi connectivity index (χ1) is 7.93. The van der Waals surface area contributed by atoms with Crippen LogP contribution in [-0.2, 0) is 14.4 Å². The second-order valence-corrected chi connectivity index (χ2v) is 4.15. The van der Waals surface area contributed by atoms with Crippen LogP contribution in [-0.4, -0.2) is 41.4 Å². The first-order valence-electron chi connectivity index (χ1n) is 5.34. The van der Waals surface area contributed by atoms with Gasteiger partial charge in [0.1, 0.15) is 0 Å². The number of nitrogens with zero attached hydrogens (tertiary/aromatic N) is 1. The monoisotopic (exact) mass is 240 g/mol. The minimum Gasteiger partial charge on any atom is -0.481 e. The van der Waals surface area contributed by atoms with Gasteiger partial charge in [-0.15, -0.1) is 0 Å². The van der Waals surface area contributed by atoms with Gasteiger partial charge in [0.05, 0.1) is 18.4 Å². The van der Waals surface area contributed by atoms with Crippen molar-refractivity contribution in [3.8, 4) is 0 Å². The third kappa shape index (κ3) is 3.30. The Morgan fingerprint density at radius 2 is 1.82 bits per heavy atom. The van der Waals surface area contributed by atoms with Gasteiger partial charge in [0.2, 0.25) is 11.8 Å². The van der Waals surface area contributed by atoms with Crippen LogP contribution in [0.4, 0.5) is 0 Å². The van der Waals surface area contributed by atoms with Crippen molar-refractivity contribution in [3.05, 3.63) is 12.2 Å². The summed E-state index contributed by atoms with van der Waals surface area (Å²) in [5.74, 6) is -3.27. The number of hydrogen-bond acceptors (Lipinski definition) is 3. The maximum atomic E-state index is 12.0. The Balaban J connectivity index is 2.75. The molecule has 6 nitrogen and oxygen atoms in total. The number of hydrogen-bond donors (Lipinski definition) is 2. The molecule has 1 aliphatic rings. The third-order valence-corrected chi connectivity index (χ3v) is 2.84. The Morgan fingerprint density at radius 1 is 1.29 bits per heavy atom. The average molecular weight is 240 g/mol. The van der Waals surface area contributed by atoms with E-state index in [1.807, 2.05) is 0 Å². The summed E-state index contributed by atoms with van der Waals surface area (Å²) in [7, 11) is 1.45. The predicted octanol–water partition coefficient (Wildman–Crippen LogP) is -0.403. The molecule has 0 aliphatic heterocycles. The Kier molecular flexibility index (Phi) is 4.25. The fourth-order valence-electron chi connectivity index (χ4n) is 1.95. The van der Waals surface area contributed by atoms with Crippen molar-refractivity contribution >= 4 is 17.8 Å². The smallest absolute Gasteiger partial charge is 0.307 e. The standard InChI is InChI=1S/C11H16N2O4/c1-13(6-9(12)14)10(15)7-4-2-3-5-8(7)11(16)17/h2-3,7-8H,4-6H2,1H3,(H2,12,14)(H,16,17). The van der Waals surface area contributed by atoms with Gasteiger partial charge < -0.3 is 15.7 Å². The zero-order valence-electron chi connectivity index (χ0n) is 9.63. The van der Waals surface area contributed by atoms with Crippen LogP contribution < -0.4 is 5.73 Å². The molecule has 0 heterocycles. The molecule has 17 heavy (non-hydrogen) atoms. The lowest BCUT2D eigenvalue weighted by Gasteiger charge is -2.28. The molecule has 3 N–H and O–H groups in total. The second kappa shape index (κ2) is 5.47. The topological polar surface area (TPSA) is 101 Å². The molecule has 1 rings (SSSR count). The van der Waals surface area contributed by atoms with Crippen LogP contribution in [0.15, 0.2) is 12.2 Å². The summed E-state index contributed by atoms with van der Waals surface area (Å²) < 4.78 is 0. The van der Waals surface area contributed by atoms with E-state index in [0.29, 0.717) is 12.8 Å². The highest BCUT2D eigenvalue weighted by Crippen LogP contribution is 2.27. The fourth-order valence-corrected chi connectivity index (χ4v) is 1.95. The highest BCUT2D eigenvalue weighted by molar-refractivity contribution is 5.88. The van der Waals surface area contributed by atoms with E-state index < -0.39 is 23.7 Å². The molecule has 2 amide bonds. The van der Waals surface area contributed by atoms with Crippen molar-refractivity contribution in [2.45, 2.75) is 12.8 Å². The summed E-state index contributed by atoms with van der Waals surface area (Å²) in [6, 6.07) is 0. The molecule has 0 saturated carbocycles. The number of likely N-dealkylation sites (N-methyl/N-ethyl adjacent to an activating group) is 1. The number of carbonyl (C=O) groups excluding carboxylic acids is 2. The number of amides is 2. The van der Waals surface area contributed by atoms with Crippen molar-refractivity contribution < 1.29 is 19.5 Å². The van der Waals surface area contributed by atoms with E-state index in [0.717, 1.165) is 0 Å². The third-order valence-electron chi connectivity index (χ3n) is 2.84. The molecule has 2 unspecified atom stereocenters. The molecule has 0 aromatic carbocycles. The van der Waals surface area contributed by atoms with Gasteiger partial charge in [0.25, 0.3) is 0 Å². The Bertz CT molecular complexity index is 364. The fraction of sp³-hybridized carbons (Fsp3) is 0.545. The van der Waals surface area contributed by atoms with Crippen LogP contribution in [0.3, 0.4) is 0 Å². The van der Waals surface area contributed by atoms with Crippen LogP contribution in [0.5, 0.6) is 0 Å². The first kappa shape index (κ1) is 13.2. The van der Waals surface area contributed by atoms with Gasteiger partial charge in [-0.25, -0.2) is 0 Å². The van der Waals surface area contributed by atoms with Gasteiger partial charge >= 0.3 is 5.97 Å². The van der Waals surface area contributed by atoms with Crippen molar-refractivity contribution in [2.24, 2.45) is 17.6 Å². The molecule has 6 heteroatoms. The maximum absolute atomic E-state index is 12.0. The van der Waals surface area contributed by atoms with Gasteiger partial charge in [0.15, 0.2) is 0 Å². The zero-order chi connectivity index (χ0) is 13.0. The van der Waals surface area contributed by atoms with Crippen LogP contribution in [0.2, 0.25) is 0 Å². The minimum atomic E-state index is -0.986. The molecule has 0 aromatic rings. The van der Waals surface area contributed by atoms with Gasteiger partial charge in [-0.05, 0) is 12.8 Å². The first-order valence-corrected chi connectivity index (χ1v) is 5.34. The molecule has 0 aromatic heterocycles. The van der Waals surface area contributed by atoms with E-state index in [1.165, 1.54) is 11.9 Å². The summed E-state index contributed by atoms with van der Waals surface area (Å²) in [6.45, 7) is -0.189. The Morgan fingerprint density at radius 3 is 2.29 bits per heavy atom. The molecular weight excluding hydrogens is 224 g/mol. The van der Waals surface area contributed by atoms with Crippen LogP contribution in [0, 0.1) is 11.8 Å². The minimum absolute atomic E-state index is 0.189. The van der Waals surface area contributed by atoms with Gasteiger partial charge in [-0.2, -0.15) is 0 Å². The van der Waals surface area contributed by atoms with E-state index in [1.54, 1.807) is 12.2 Å². The molecule has 1 aliphatic carbocycles. The van der Waals surface area contributed by atoms with E-state index >= 15 is 0 Å². The number of carboxylic acid groups (broad SMARTS) is 1. The summed E-state index contributed by atoms with van der Waals surface area (Å²) in [4.78, 5) is 34.9. The highest BCUT2D eigenvalue weighted by atomic mass is 16.4. The lowest BCUT2D eigenvalue weighted by molar-refractivity contribution is -0.150. The molecule has 0 fully saturated rings. The molecule has 0 radical (unpaired) electrons. The van der Waals surface area contributed by atoms with E-state index in [-0.39, 0.29) is 12.5 Å². The lowest BCUT2D eigenvalue weighted by atomic mass is 9.82. The normalized spacial score (nSPS) is 23.1. The number of carboxylic acids is 1. The number of aliphatic carboxylic acids is 1. The quantitative estimate of drug-likeness (QED) is 0.653. The van der Waals surface area contributed by atoms with E-state index in [4.69, 9.17) is 10.8 Å². The van der Waals surface area contributed by atoms with Gasteiger partial charge in [0, 0.05) is 7.05 Å². The SMILES string of the molecule is CN(CC(N)=O)C(=O)C1CC=CCC1C(=O)O. The van der Waals surface area contributed by atoms with Crippen LogP contribution >= 0.6 is 0 Å². The predicted molar refractivity (Wildman–Crippen MR) is 59.8 cm³/mol. The van der Waals surface area contributed by atoms with Crippen molar-refractivity contribution in [3.63, 3.8) is 0 Å². The zero-order valence-corrected chi connectivity index (χ0v) is 9.63. The molecular formula is C11H16N2O4.